The number of ether oxygens (including phenoxy) is 3. The van der Waals surface area contributed by atoms with Crippen LogP contribution in [0.15, 0.2) is 11.6 Å². The van der Waals surface area contributed by atoms with Gasteiger partial charge in [-0.25, -0.2) is 14.4 Å². The highest BCUT2D eigenvalue weighted by molar-refractivity contribution is 5.68. The Morgan fingerprint density at radius 3 is 1.95 bits per heavy atom. The van der Waals surface area contributed by atoms with Crippen LogP contribution < -0.4 is 10.6 Å². The number of carbonyl (C=O) groups excluding carboxylic acids is 3. The molecule has 7 atom stereocenters. The summed E-state index contributed by atoms with van der Waals surface area (Å²) in [6, 6.07) is 0. The number of rotatable bonds is 21. The van der Waals surface area contributed by atoms with Crippen molar-refractivity contribution in [3.8, 4) is 0 Å². The van der Waals surface area contributed by atoms with Crippen molar-refractivity contribution in [3.63, 3.8) is 0 Å². The molecule has 0 aromatic heterocycles. The van der Waals surface area contributed by atoms with Crippen molar-refractivity contribution >= 4 is 18.3 Å². The van der Waals surface area contributed by atoms with Crippen LogP contribution in [0.25, 0.3) is 0 Å². The van der Waals surface area contributed by atoms with Gasteiger partial charge >= 0.3 is 18.3 Å². The summed E-state index contributed by atoms with van der Waals surface area (Å²) in [6.07, 6.45) is 26.2. The molecule has 0 aromatic rings. The van der Waals surface area contributed by atoms with Crippen molar-refractivity contribution in [1.82, 2.24) is 15.5 Å². The Kier molecular flexibility index (Phi) is 18.8. The number of nitrogens with one attached hydrogen (secondary N) is 2. The largest absolute Gasteiger partial charge is 0.446 e. The second-order valence-electron chi connectivity index (χ2n) is 22.0. The smallest absolute Gasteiger partial charge is 0.410 e. The Labute approximate surface area is 361 Å². The van der Waals surface area contributed by atoms with E-state index < -0.39 is 17.3 Å². The lowest BCUT2D eigenvalue weighted by Gasteiger charge is -2.58. The van der Waals surface area contributed by atoms with E-state index in [9.17, 15) is 14.4 Å². The minimum Gasteiger partial charge on any atom is -0.446 e. The average Bonchev–Trinajstić information content (AvgIpc) is 3.47. The molecule has 0 aromatic carbocycles. The fraction of sp³-hybridized carbons (Fsp3) is 0.900. The van der Waals surface area contributed by atoms with Crippen molar-refractivity contribution in [2.45, 2.75) is 221 Å². The Balaban J connectivity index is 1.23. The van der Waals surface area contributed by atoms with Gasteiger partial charge in [0.15, 0.2) is 0 Å². The first kappa shape index (κ1) is 49.2. The molecule has 2 N–H and O–H groups in total. The minimum atomic E-state index is -0.548. The standard InChI is InChI=1S/C50H89N3O6/c1-37(2)22-17-18-23-38-25-27-42-41-26-24-39-36-40(28-30-50(39,10)43(41)29-31-49(38,42)9)57-46(56)53(35-21-33-52-45(55)59-48(6,7)8)34-20-16-14-12-11-13-15-19-32-51-44(54)58-47(3,4)5/h24,37-38,40-43H,11-23,25-36H2,1-10H3,(H,51,54)(H,52,55). The zero-order valence-electron chi connectivity index (χ0n) is 39.6. The van der Waals surface area contributed by atoms with Crippen LogP contribution in [-0.4, -0.2) is 66.7 Å². The number of allylic oxidation sites excluding steroid dienone is 1. The summed E-state index contributed by atoms with van der Waals surface area (Å²) in [5, 5.41) is 5.70. The van der Waals surface area contributed by atoms with E-state index in [1.807, 2.05) is 46.4 Å². The van der Waals surface area contributed by atoms with Crippen LogP contribution in [0, 0.1) is 40.4 Å². The van der Waals surface area contributed by atoms with Gasteiger partial charge in [-0.3, -0.25) is 0 Å². The molecule has 4 rings (SSSR count). The van der Waals surface area contributed by atoms with E-state index in [0.29, 0.717) is 38.0 Å². The number of nitrogens with zero attached hydrogens (tertiary/aromatic N) is 1. The highest BCUT2D eigenvalue weighted by atomic mass is 16.6. The predicted molar refractivity (Wildman–Crippen MR) is 240 cm³/mol. The third-order valence-corrected chi connectivity index (χ3v) is 14.7. The number of carbonyl (C=O) groups is 3. The normalized spacial score (nSPS) is 27.8. The van der Waals surface area contributed by atoms with E-state index in [-0.39, 0.29) is 23.7 Å². The van der Waals surface area contributed by atoms with Crippen LogP contribution >= 0.6 is 0 Å². The topological polar surface area (TPSA) is 106 Å². The van der Waals surface area contributed by atoms with Gasteiger partial charge < -0.3 is 29.7 Å². The SMILES string of the molecule is CC(C)CCCCC1CCC2C3CC=C4CC(OC(=O)N(CCCCCCCCCCNC(=O)OC(C)(C)C)CCCNC(=O)OC(C)(C)C)CCC4(C)C3CCC12C. The molecule has 4 aliphatic carbocycles. The monoisotopic (exact) mass is 828 g/mol. The zero-order chi connectivity index (χ0) is 43.3. The van der Waals surface area contributed by atoms with Gasteiger partial charge in [-0.2, -0.15) is 0 Å². The molecule has 0 radical (unpaired) electrons. The van der Waals surface area contributed by atoms with Gasteiger partial charge in [-0.05, 0) is 153 Å². The lowest BCUT2D eigenvalue weighted by molar-refractivity contribution is -0.0534. The van der Waals surface area contributed by atoms with Crippen molar-refractivity contribution < 1.29 is 28.6 Å². The van der Waals surface area contributed by atoms with E-state index in [1.165, 1.54) is 70.6 Å². The van der Waals surface area contributed by atoms with E-state index in [2.05, 4.69) is 44.4 Å². The van der Waals surface area contributed by atoms with Crippen LogP contribution in [-0.2, 0) is 14.2 Å². The molecule has 0 spiro atoms. The van der Waals surface area contributed by atoms with Crippen molar-refractivity contribution in [2.75, 3.05) is 26.2 Å². The average molecular weight is 828 g/mol. The summed E-state index contributed by atoms with van der Waals surface area (Å²) in [5.41, 5.74) is 1.28. The third kappa shape index (κ3) is 15.4. The van der Waals surface area contributed by atoms with Crippen LogP contribution in [0.5, 0.6) is 0 Å². The number of alkyl carbamates (subject to hydrolysis) is 2. The minimum absolute atomic E-state index is 0.0735. The van der Waals surface area contributed by atoms with E-state index >= 15 is 0 Å². The van der Waals surface area contributed by atoms with E-state index in [4.69, 9.17) is 14.2 Å². The molecule has 3 saturated carbocycles. The molecule has 4 aliphatic rings. The fourth-order valence-electron chi connectivity index (χ4n) is 11.5. The Morgan fingerprint density at radius 1 is 0.729 bits per heavy atom. The molecule has 9 heteroatoms. The highest BCUT2D eigenvalue weighted by Gasteiger charge is 2.58. The summed E-state index contributed by atoms with van der Waals surface area (Å²) in [7, 11) is 0. The second kappa shape index (κ2) is 22.6. The highest BCUT2D eigenvalue weighted by Crippen LogP contribution is 2.67. The van der Waals surface area contributed by atoms with Crippen LogP contribution in [0.2, 0.25) is 0 Å². The molecular weight excluding hydrogens is 739 g/mol. The van der Waals surface area contributed by atoms with Crippen LogP contribution in [0.4, 0.5) is 14.4 Å². The molecule has 0 heterocycles. The van der Waals surface area contributed by atoms with Crippen LogP contribution in [0.1, 0.15) is 204 Å². The molecular formula is C50H89N3O6. The quantitative estimate of drug-likeness (QED) is 0.0678. The number of fused-ring (bicyclic) bond motifs is 5. The Morgan fingerprint density at radius 2 is 1.32 bits per heavy atom. The Bertz CT molecular complexity index is 1350. The molecule has 0 aliphatic heterocycles. The number of amides is 3. The third-order valence-electron chi connectivity index (χ3n) is 14.7. The summed E-state index contributed by atoms with van der Waals surface area (Å²) in [5.74, 6) is 4.14. The maximum absolute atomic E-state index is 13.9. The first-order valence-corrected chi connectivity index (χ1v) is 24.4. The fourth-order valence-corrected chi connectivity index (χ4v) is 11.5. The maximum Gasteiger partial charge on any atom is 0.410 e. The van der Waals surface area contributed by atoms with Gasteiger partial charge in [-0.1, -0.05) is 97.1 Å². The van der Waals surface area contributed by atoms with Gasteiger partial charge in [0.25, 0.3) is 0 Å². The van der Waals surface area contributed by atoms with E-state index in [1.54, 1.807) is 5.57 Å². The lowest BCUT2D eigenvalue weighted by Crippen LogP contribution is -2.50. The summed E-state index contributed by atoms with van der Waals surface area (Å²) < 4.78 is 17.1. The van der Waals surface area contributed by atoms with Crippen molar-refractivity contribution in [1.29, 1.82) is 0 Å². The van der Waals surface area contributed by atoms with Gasteiger partial charge in [0.1, 0.15) is 17.3 Å². The number of unbranched alkanes of at least 4 members (excludes halogenated alkanes) is 8. The summed E-state index contributed by atoms with van der Waals surface area (Å²) in [6.45, 7) is 23.4. The molecule has 340 valence electrons. The number of hydrogen-bond acceptors (Lipinski definition) is 6. The number of hydrogen-bond donors (Lipinski definition) is 2. The predicted octanol–water partition coefficient (Wildman–Crippen LogP) is 13.1. The zero-order valence-corrected chi connectivity index (χ0v) is 39.6. The first-order chi connectivity index (χ1) is 27.8. The first-order valence-electron chi connectivity index (χ1n) is 24.4. The molecule has 9 nitrogen and oxygen atoms in total. The van der Waals surface area contributed by atoms with Crippen molar-refractivity contribution in [3.05, 3.63) is 11.6 Å². The van der Waals surface area contributed by atoms with Crippen molar-refractivity contribution in [2.24, 2.45) is 40.4 Å². The summed E-state index contributed by atoms with van der Waals surface area (Å²) >= 11 is 0. The van der Waals surface area contributed by atoms with Gasteiger partial charge in [-0.15, -0.1) is 0 Å². The van der Waals surface area contributed by atoms with E-state index in [0.717, 1.165) is 87.4 Å². The van der Waals surface area contributed by atoms with Crippen LogP contribution in [0.3, 0.4) is 0 Å². The summed E-state index contributed by atoms with van der Waals surface area (Å²) in [4.78, 5) is 39.8. The lowest BCUT2D eigenvalue weighted by atomic mass is 9.47. The van der Waals surface area contributed by atoms with Gasteiger partial charge in [0.2, 0.25) is 0 Å². The molecule has 3 amide bonds. The molecule has 0 saturated heterocycles. The molecule has 3 fully saturated rings. The maximum atomic E-state index is 13.9. The molecule has 0 bridgehead atoms. The molecule has 59 heavy (non-hydrogen) atoms. The van der Waals surface area contributed by atoms with Gasteiger partial charge in [0, 0.05) is 32.6 Å². The van der Waals surface area contributed by atoms with Gasteiger partial charge in [0.05, 0.1) is 0 Å². The molecule has 7 unspecified atom stereocenters. The second-order valence-corrected chi connectivity index (χ2v) is 22.0. The Hall–Kier alpha value is -2.45.